The lowest BCUT2D eigenvalue weighted by atomic mass is 9.58. The fraction of sp³-hybridized carbons (Fsp3) is 0.215. The van der Waals surface area contributed by atoms with Crippen LogP contribution in [-0.4, -0.2) is 104 Å². The zero-order valence-corrected chi connectivity index (χ0v) is 61.6. The zero-order chi connectivity index (χ0) is 82.0. The van der Waals surface area contributed by atoms with Gasteiger partial charge in [0.2, 0.25) is 0 Å². The minimum Gasteiger partial charge on any atom is -0.310 e. The number of rotatable bonds is 0. The molecule has 26 nitrogen and oxygen atoms in total. The Morgan fingerprint density at radius 3 is 1.09 bits per heavy atom. The van der Waals surface area contributed by atoms with E-state index in [1.807, 2.05) is 68.5 Å². The van der Waals surface area contributed by atoms with Gasteiger partial charge >= 0.3 is 0 Å². The zero-order valence-electron chi connectivity index (χ0n) is 60.0. The van der Waals surface area contributed by atoms with E-state index in [0.717, 1.165) is 40.0 Å². The van der Waals surface area contributed by atoms with Crippen LogP contribution in [-0.2, 0) is 51.8 Å². The van der Waals surface area contributed by atoms with Crippen molar-refractivity contribution < 1.29 is 38.4 Å². The average Bonchev–Trinajstić information content (AvgIpc) is 1.63. The van der Waals surface area contributed by atoms with Crippen molar-refractivity contribution in [3.05, 3.63) is 284 Å². The van der Waals surface area contributed by atoms with Crippen LogP contribution in [0.2, 0.25) is 0 Å². The minimum atomic E-state index is -0.767. The van der Waals surface area contributed by atoms with Crippen molar-refractivity contribution in [2.75, 3.05) is 28.2 Å². The third kappa shape index (κ3) is 17.8. The van der Waals surface area contributed by atoms with Gasteiger partial charge < -0.3 is 4.57 Å². The quantitative estimate of drug-likeness (QED) is 0.0504. The second-order valence-corrected chi connectivity index (χ2v) is 26.2. The molecule has 7 aliphatic rings. The topological polar surface area (TPSA) is 340 Å². The van der Waals surface area contributed by atoms with E-state index in [2.05, 4.69) is 81.7 Å². The lowest BCUT2D eigenvalue weighted by Gasteiger charge is -2.45. The number of nitriles is 6. The number of carbonyl (C=O) groups excluding carboxylic acids is 8. The monoisotopic (exact) mass is 1460 g/mol. The van der Waals surface area contributed by atoms with Gasteiger partial charge in [0, 0.05) is 64.8 Å². The Kier molecular flexibility index (Phi) is 28.7. The molecule has 0 radical (unpaired) electrons. The number of likely N-dealkylation sites (N-methyl/N-ethyl adjacent to an activating group) is 4. The Morgan fingerprint density at radius 2 is 0.794 bits per heavy atom. The average molecular weight is 1460 g/mol. The molecule has 5 fully saturated rings. The van der Waals surface area contributed by atoms with Crippen molar-refractivity contribution in [2.24, 2.45) is 23.3 Å². The molecule has 3 aromatic rings. The molecule has 530 valence electrons. The van der Waals surface area contributed by atoms with Crippen molar-refractivity contribution in [3.63, 3.8) is 0 Å². The number of ketones is 4. The van der Waals surface area contributed by atoms with Crippen LogP contribution in [0.25, 0.3) is 58.1 Å². The molecule has 0 spiro atoms. The molecule has 1 aromatic heterocycles. The number of allylic oxidation sites excluding steroid dienone is 15. The molecule has 28 heteroatoms. The van der Waals surface area contributed by atoms with Crippen LogP contribution in [0.15, 0.2) is 178 Å². The maximum atomic E-state index is 11.2. The van der Waals surface area contributed by atoms with Crippen molar-refractivity contribution in [3.8, 4) is 36.4 Å². The molecule has 107 heavy (non-hydrogen) atoms. The van der Waals surface area contributed by atoms with Crippen molar-refractivity contribution in [2.45, 2.75) is 60.8 Å². The van der Waals surface area contributed by atoms with E-state index in [0.29, 0.717) is 66.6 Å². The number of fused-ring (bicyclic) bond motifs is 2. The van der Waals surface area contributed by atoms with Gasteiger partial charge in [-0.2, -0.15) is 0 Å². The Labute approximate surface area is 627 Å². The summed E-state index contributed by atoms with van der Waals surface area (Å²) in [5, 5.41) is 55.9. The molecule has 5 aliphatic carbocycles. The van der Waals surface area contributed by atoms with E-state index in [-0.39, 0.29) is 108 Å². The van der Waals surface area contributed by atoms with Crippen LogP contribution in [0.5, 0.6) is 0 Å². The third-order valence-electron chi connectivity index (χ3n) is 16.6. The fourth-order valence-electron chi connectivity index (χ4n) is 10.8. The summed E-state index contributed by atoms with van der Waals surface area (Å²) in [6.45, 7) is 80.8. The van der Waals surface area contributed by atoms with Gasteiger partial charge in [0.05, 0.1) is 103 Å². The van der Waals surface area contributed by atoms with Gasteiger partial charge in [-0.15, -0.1) is 11.3 Å². The molecule has 0 atom stereocenters. The smallest absolute Gasteiger partial charge is 0.294 e. The van der Waals surface area contributed by atoms with E-state index >= 15 is 0 Å². The number of carbonyl (C=O) groups is 8. The number of nitrogens with zero attached hydrogens (tertiary/aromatic N) is 17. The molecule has 0 N–H and O–H groups in total. The highest BCUT2D eigenvalue weighted by atomic mass is 32.1. The van der Waals surface area contributed by atoms with Crippen molar-refractivity contribution in [1.29, 1.82) is 31.6 Å². The second-order valence-electron chi connectivity index (χ2n) is 24.8. The summed E-state index contributed by atoms with van der Waals surface area (Å²) in [5.74, 6) is -1.93. The molecule has 3 heterocycles. The van der Waals surface area contributed by atoms with E-state index in [1.54, 1.807) is 58.0 Å². The predicted molar refractivity (Wildman–Crippen MR) is 401 cm³/mol. The number of hydrogen-bond donors (Lipinski definition) is 0. The van der Waals surface area contributed by atoms with Crippen LogP contribution >= 0.6 is 23.6 Å². The summed E-state index contributed by atoms with van der Waals surface area (Å²) in [6, 6.07) is 25.9. The maximum absolute atomic E-state index is 11.2. The number of amides is 4. The number of benzene rings is 2. The van der Waals surface area contributed by atoms with E-state index in [1.165, 1.54) is 59.6 Å². The summed E-state index contributed by atoms with van der Waals surface area (Å²) < 4.78 is 1.98. The number of hydrazine groups is 1. The summed E-state index contributed by atoms with van der Waals surface area (Å²) in [6.07, 6.45) is 1.65. The lowest BCUT2D eigenvalue weighted by Crippen LogP contribution is -2.52. The first kappa shape index (κ1) is 86.2. The summed E-state index contributed by atoms with van der Waals surface area (Å²) >= 11 is 5.89. The van der Waals surface area contributed by atoms with E-state index in [9.17, 15) is 43.2 Å². The van der Waals surface area contributed by atoms with Gasteiger partial charge in [-0.1, -0.05) is 134 Å². The number of Topliss-reactive ketones (excluding diaryl/α,β-unsaturated/α-hetero) is 4. The number of hydrogen-bond acceptors (Lipinski definition) is 17. The van der Waals surface area contributed by atoms with Crippen molar-refractivity contribution >= 4 is 104 Å². The van der Waals surface area contributed by atoms with E-state index in [4.69, 9.17) is 83.2 Å². The van der Waals surface area contributed by atoms with Gasteiger partial charge in [0.15, 0.2) is 28.2 Å². The summed E-state index contributed by atoms with van der Waals surface area (Å²) in [5.41, 5.74) is 6.12. The van der Waals surface area contributed by atoms with Gasteiger partial charge in [-0.25, -0.2) is 60.6 Å². The lowest BCUT2D eigenvalue weighted by molar-refractivity contribution is -0.143. The fourth-order valence-corrected chi connectivity index (χ4v) is 11.9. The first-order valence-corrected chi connectivity index (χ1v) is 31.8. The SMILES string of the molecule is C=C1C(=O)C(C)(C)C1=O.C=C1C(=O)CC(C)(C)CC1=O.C=C1C(=O)N(C)C(=S)N(C)C1=O.C=C1C(=O)N(C)N(C)C1=O.[C-]#[N+]/C(C#N)=C1\C(=C)/C(=C(/C#N)[N+]#[C-])C1(C)C.[C-]#[N+]/C(C#N)=C1\C(=C)/C(=C(/C#N)[N+]#[C-])c2ccccc21.[C-]#[N+]/C(C#N)=C1\C(=C)Cc2ccccc21.[C-]#[N+]/C(C#N)=c1\sc(=C)c(=O)n1C. The number of thiocarbonyl (C=S) groups is 1. The van der Waals surface area contributed by atoms with Gasteiger partial charge in [0.1, 0.15) is 10.2 Å². The highest BCUT2D eigenvalue weighted by molar-refractivity contribution is 7.80. The Bertz CT molecular complexity index is 5260. The molecule has 0 unspecified atom stereocenters. The van der Waals surface area contributed by atoms with Gasteiger partial charge in [0.25, 0.3) is 63.4 Å². The van der Waals surface area contributed by atoms with Crippen molar-refractivity contribution in [1.82, 2.24) is 24.4 Å². The second kappa shape index (κ2) is 35.6. The third-order valence-corrected chi connectivity index (χ3v) is 18.2. The first-order valence-electron chi connectivity index (χ1n) is 30.6. The maximum Gasteiger partial charge on any atom is 0.294 e. The number of aromatic nitrogens is 1. The summed E-state index contributed by atoms with van der Waals surface area (Å²) in [4.78, 5) is 121. The molecule has 2 aromatic carbocycles. The Balaban J connectivity index is 0.000000321. The molecule has 2 aliphatic heterocycles. The highest BCUT2D eigenvalue weighted by Crippen LogP contribution is 2.57. The van der Waals surface area contributed by atoms with E-state index < -0.39 is 22.6 Å². The normalized spacial score (nSPS) is 18.9. The molecular formula is C79H63N17O9S2. The molecule has 0 bridgehead atoms. The Hall–Kier alpha value is -15.0. The highest BCUT2D eigenvalue weighted by Gasteiger charge is 2.50. The first-order chi connectivity index (χ1) is 49.9. The van der Waals surface area contributed by atoms with Crippen LogP contribution in [0.4, 0.5) is 0 Å². The molecule has 10 rings (SSSR count). The Morgan fingerprint density at radius 1 is 0.449 bits per heavy atom. The van der Waals surface area contributed by atoms with Crippen LogP contribution in [0, 0.1) is 124 Å². The minimum absolute atomic E-state index is 0.0222. The standard InChI is InChI=1S/C16H6N4.C13H8N4.C13H8N2.C9H12O2.C8H5N3OS.C7H8N2O2S.C7H8O2.C6H8N2O2/c1-10-15(13(8-17)19-2)11-6-4-5-7-12(11)16(10)14(9-18)20-3;1-8-11(9(6-14)16-4)13(2,3)12(8)10(7-15)17-5;1-9-7-10-5-3-4-6-11(10)13(9)12(8-14)15-2;1-6-7(10)4-9(2,3)5-8(6)11;1-5-7(12)11(3)8(13-5)6(4-9)10-2;1-4-5(10)8(2)7(12)9(3)6(4)11;1-4-5(8)7(2,3)6(4)9;1-4-5(9)7(2)8(3)6(4)10/h4-7H,1H2;1H2,2-3H3;3-6H,1,7H2;1,4-5H2,2-3H3;1H2,3H3;1H2,2-3H3;1H2,2-3H3;1H2,2-3H3/b15-13+,16-14+;11-9+,12-10+;13-12+;;8-6-;;;. The molecule has 3 saturated carbocycles. The largest absolute Gasteiger partial charge is 0.310 e. The van der Waals surface area contributed by atoms with Crippen LogP contribution in [0.3, 0.4) is 0 Å². The molecule has 4 amide bonds. The predicted octanol–water partition coefficient (Wildman–Crippen LogP) is 10.3. The van der Waals surface area contributed by atoms with Crippen LogP contribution in [0.1, 0.15) is 76.6 Å². The number of thiazole rings is 1. The molecular weight excluding hydrogens is 1400 g/mol. The van der Waals surface area contributed by atoms with Gasteiger partial charge in [-0.3, -0.25) is 63.0 Å². The molecule has 2 saturated heterocycles. The van der Waals surface area contributed by atoms with Gasteiger partial charge in [-0.05, 0) is 87.9 Å². The van der Waals surface area contributed by atoms with Crippen LogP contribution < -0.4 is 14.8 Å². The summed E-state index contributed by atoms with van der Waals surface area (Å²) in [7, 11) is 7.60.